The first-order chi connectivity index (χ1) is 9.38. The van der Waals surface area contributed by atoms with Gasteiger partial charge < -0.3 is 19.8 Å². The highest BCUT2D eigenvalue weighted by molar-refractivity contribution is 5.94. The molecule has 0 aliphatic heterocycles. The zero-order chi connectivity index (χ0) is 14.8. The van der Waals surface area contributed by atoms with Crippen molar-refractivity contribution in [2.24, 2.45) is 0 Å². The Hall–Kier alpha value is -2.34. The van der Waals surface area contributed by atoms with Gasteiger partial charge in [0, 0.05) is 17.3 Å². The Morgan fingerprint density at radius 3 is 2.85 bits per heavy atom. The molecule has 0 saturated heterocycles. The molecule has 0 spiro atoms. The smallest absolute Gasteiger partial charge is 0.251 e. The van der Waals surface area contributed by atoms with E-state index in [1.165, 1.54) is 19.3 Å². The number of carbonyl (C=O) groups is 1. The molecule has 0 bridgehead atoms. The number of nitrogens with one attached hydrogen (secondary N) is 2. The molecule has 106 valence electrons. The number of aryl methyl sites for hydroxylation is 1. The average Bonchev–Trinajstić information content (AvgIpc) is 2.89. The summed E-state index contributed by atoms with van der Waals surface area (Å²) < 4.78 is 5.12. The largest absolute Gasteiger partial charge is 0.466 e. The summed E-state index contributed by atoms with van der Waals surface area (Å²) in [6, 6.07) is 6.07. The number of aromatic nitrogens is 1. The molecule has 0 aromatic carbocycles. The van der Waals surface area contributed by atoms with E-state index in [0.29, 0.717) is 11.5 Å². The number of aromatic amines is 1. The lowest BCUT2D eigenvalue weighted by molar-refractivity contribution is 0.0330. The van der Waals surface area contributed by atoms with Crippen LogP contribution in [0.4, 0.5) is 0 Å². The van der Waals surface area contributed by atoms with Crippen molar-refractivity contribution in [3.8, 4) is 0 Å². The van der Waals surface area contributed by atoms with Crippen LogP contribution in [0, 0.1) is 6.92 Å². The number of rotatable bonds is 4. The number of aliphatic hydroxyl groups is 1. The normalized spacial score (nSPS) is 13.8. The number of furan rings is 1. The number of carbonyl (C=O) groups excluding carboxylic acids is 1. The zero-order valence-corrected chi connectivity index (χ0v) is 11.3. The predicted octanol–water partition coefficient (Wildman–Crippen LogP) is 0.914. The molecule has 2 heterocycles. The second-order valence-electron chi connectivity index (χ2n) is 4.85. The molecule has 2 aromatic heterocycles. The molecular formula is C14H16N2O4. The van der Waals surface area contributed by atoms with Crippen LogP contribution >= 0.6 is 0 Å². The van der Waals surface area contributed by atoms with Crippen LogP contribution in [0.15, 0.2) is 39.7 Å². The fourth-order valence-electron chi connectivity index (χ4n) is 1.84. The molecule has 1 unspecified atom stereocenters. The Labute approximate surface area is 115 Å². The SMILES string of the molecule is Cc1cc(C(=O)NCC(C)(O)c2ccco2)cc(=O)[nH]1. The van der Waals surface area contributed by atoms with E-state index in [0.717, 1.165) is 0 Å². The monoisotopic (exact) mass is 276 g/mol. The Morgan fingerprint density at radius 2 is 2.25 bits per heavy atom. The van der Waals surface area contributed by atoms with Crippen molar-refractivity contribution in [1.82, 2.24) is 10.3 Å². The molecule has 0 saturated carbocycles. The fraction of sp³-hybridized carbons (Fsp3) is 0.286. The molecule has 0 aliphatic rings. The predicted molar refractivity (Wildman–Crippen MR) is 72.4 cm³/mol. The van der Waals surface area contributed by atoms with E-state index in [2.05, 4.69) is 10.3 Å². The van der Waals surface area contributed by atoms with Gasteiger partial charge >= 0.3 is 0 Å². The Balaban J connectivity index is 2.07. The molecule has 1 amide bonds. The first kappa shape index (κ1) is 14.1. The maximum atomic E-state index is 12.0. The molecule has 20 heavy (non-hydrogen) atoms. The topological polar surface area (TPSA) is 95.3 Å². The van der Waals surface area contributed by atoms with Crippen molar-refractivity contribution in [3.63, 3.8) is 0 Å². The number of H-pyrrole nitrogens is 1. The average molecular weight is 276 g/mol. The Morgan fingerprint density at radius 1 is 1.50 bits per heavy atom. The van der Waals surface area contributed by atoms with Crippen molar-refractivity contribution in [3.05, 3.63) is 57.9 Å². The number of hydrogen-bond acceptors (Lipinski definition) is 4. The summed E-state index contributed by atoms with van der Waals surface area (Å²) in [7, 11) is 0. The van der Waals surface area contributed by atoms with Crippen molar-refractivity contribution < 1.29 is 14.3 Å². The molecule has 2 rings (SSSR count). The van der Waals surface area contributed by atoms with E-state index in [-0.39, 0.29) is 17.7 Å². The maximum absolute atomic E-state index is 12.0. The minimum Gasteiger partial charge on any atom is -0.466 e. The van der Waals surface area contributed by atoms with Crippen LogP contribution < -0.4 is 10.9 Å². The lowest BCUT2D eigenvalue weighted by atomic mass is 10.0. The van der Waals surface area contributed by atoms with Crippen LogP contribution in [0.25, 0.3) is 0 Å². The van der Waals surface area contributed by atoms with Crippen molar-refractivity contribution in [1.29, 1.82) is 0 Å². The molecule has 2 aromatic rings. The van der Waals surface area contributed by atoms with E-state index in [1.54, 1.807) is 25.1 Å². The summed E-state index contributed by atoms with van der Waals surface area (Å²) >= 11 is 0. The molecule has 0 aliphatic carbocycles. The molecule has 0 radical (unpaired) electrons. The van der Waals surface area contributed by atoms with Crippen LogP contribution in [0.1, 0.15) is 28.7 Å². The van der Waals surface area contributed by atoms with Crippen molar-refractivity contribution >= 4 is 5.91 Å². The summed E-state index contributed by atoms with van der Waals surface area (Å²) in [5.41, 5.74) is -0.801. The first-order valence-corrected chi connectivity index (χ1v) is 6.14. The molecule has 6 heteroatoms. The highest BCUT2D eigenvalue weighted by Crippen LogP contribution is 2.19. The van der Waals surface area contributed by atoms with Gasteiger partial charge in [0.05, 0.1) is 12.8 Å². The highest BCUT2D eigenvalue weighted by atomic mass is 16.4. The number of hydrogen-bond donors (Lipinski definition) is 3. The highest BCUT2D eigenvalue weighted by Gasteiger charge is 2.27. The fourth-order valence-corrected chi connectivity index (χ4v) is 1.84. The van der Waals surface area contributed by atoms with Gasteiger partial charge in [0.25, 0.3) is 5.91 Å². The summed E-state index contributed by atoms with van der Waals surface area (Å²) in [6.45, 7) is 3.21. The van der Waals surface area contributed by atoms with Gasteiger partial charge in [-0.15, -0.1) is 0 Å². The molecule has 6 nitrogen and oxygen atoms in total. The maximum Gasteiger partial charge on any atom is 0.251 e. The quantitative estimate of drug-likeness (QED) is 0.773. The van der Waals surface area contributed by atoms with Gasteiger partial charge in [-0.25, -0.2) is 0 Å². The van der Waals surface area contributed by atoms with Crippen LogP contribution in [0.5, 0.6) is 0 Å². The van der Waals surface area contributed by atoms with Crippen LogP contribution in [0.2, 0.25) is 0 Å². The van der Waals surface area contributed by atoms with Crippen LogP contribution in [-0.2, 0) is 5.60 Å². The van der Waals surface area contributed by atoms with Gasteiger partial charge in [-0.05, 0) is 32.0 Å². The lowest BCUT2D eigenvalue weighted by Gasteiger charge is -2.21. The number of pyridine rings is 1. The first-order valence-electron chi connectivity index (χ1n) is 6.14. The third-order valence-corrected chi connectivity index (χ3v) is 2.89. The van der Waals surface area contributed by atoms with Gasteiger partial charge in [-0.2, -0.15) is 0 Å². The second kappa shape index (κ2) is 5.34. The molecule has 1 atom stereocenters. The van der Waals surface area contributed by atoms with Gasteiger partial charge in [-0.3, -0.25) is 9.59 Å². The molecule has 3 N–H and O–H groups in total. The summed E-state index contributed by atoms with van der Waals surface area (Å²) in [6.07, 6.45) is 1.45. The minimum atomic E-state index is -1.31. The van der Waals surface area contributed by atoms with E-state index < -0.39 is 11.5 Å². The van der Waals surface area contributed by atoms with Gasteiger partial charge in [0.2, 0.25) is 5.56 Å². The van der Waals surface area contributed by atoms with Gasteiger partial charge in [0.15, 0.2) is 0 Å². The van der Waals surface area contributed by atoms with Gasteiger partial charge in [-0.1, -0.05) is 0 Å². The van der Waals surface area contributed by atoms with E-state index in [4.69, 9.17) is 4.42 Å². The summed E-state index contributed by atoms with van der Waals surface area (Å²) in [5, 5.41) is 12.8. The van der Waals surface area contributed by atoms with Gasteiger partial charge in [0.1, 0.15) is 11.4 Å². The van der Waals surface area contributed by atoms with E-state index in [9.17, 15) is 14.7 Å². The molecule has 0 fully saturated rings. The summed E-state index contributed by atoms with van der Waals surface area (Å²) in [5.74, 6) is -0.0640. The van der Waals surface area contributed by atoms with Crippen molar-refractivity contribution in [2.75, 3.05) is 6.54 Å². The van der Waals surface area contributed by atoms with Crippen LogP contribution in [0.3, 0.4) is 0 Å². The zero-order valence-electron chi connectivity index (χ0n) is 11.3. The minimum absolute atomic E-state index is 0.0226. The Kier molecular flexibility index (Phi) is 3.76. The Bertz CT molecular complexity index is 656. The summed E-state index contributed by atoms with van der Waals surface area (Å²) in [4.78, 5) is 25.8. The molecular weight excluding hydrogens is 260 g/mol. The third-order valence-electron chi connectivity index (χ3n) is 2.89. The van der Waals surface area contributed by atoms with E-state index >= 15 is 0 Å². The number of amides is 1. The van der Waals surface area contributed by atoms with E-state index in [1.807, 2.05) is 0 Å². The van der Waals surface area contributed by atoms with Crippen molar-refractivity contribution in [2.45, 2.75) is 19.4 Å². The van der Waals surface area contributed by atoms with Crippen LogP contribution in [-0.4, -0.2) is 22.5 Å². The standard InChI is InChI=1S/C14H16N2O4/c1-9-6-10(7-12(17)16-9)13(18)15-8-14(2,19)11-4-3-5-20-11/h3-7,19H,8H2,1-2H3,(H,15,18)(H,16,17). The third kappa shape index (κ3) is 3.16. The lowest BCUT2D eigenvalue weighted by Crippen LogP contribution is -2.38. The second-order valence-corrected chi connectivity index (χ2v) is 4.85.